The van der Waals surface area contributed by atoms with Crippen LogP contribution in [0.15, 0.2) is 56.2 Å². The molecule has 1 aromatic heterocycles. The molecule has 0 aliphatic rings. The molecule has 1 amide bonds. The summed E-state index contributed by atoms with van der Waals surface area (Å²) < 4.78 is 20.3. The molecule has 8 heteroatoms. The van der Waals surface area contributed by atoms with Gasteiger partial charge in [0.2, 0.25) is 0 Å². The van der Waals surface area contributed by atoms with E-state index in [0.29, 0.717) is 24.5 Å². The number of anilines is 1. The van der Waals surface area contributed by atoms with Gasteiger partial charge in [-0.3, -0.25) is 9.52 Å². The zero-order chi connectivity index (χ0) is 20.8. The van der Waals surface area contributed by atoms with Gasteiger partial charge in [0.15, 0.2) is 5.76 Å². The monoisotopic (exact) mass is 478 g/mol. The summed E-state index contributed by atoms with van der Waals surface area (Å²) in [6, 6.07) is 13.3. The average molecular weight is 479 g/mol. The number of carbonyl (C=O) groups is 1. The van der Waals surface area contributed by atoms with Crippen molar-refractivity contribution >= 4 is 50.4 Å². The number of halogens is 1. The van der Waals surface area contributed by atoms with Gasteiger partial charge in [-0.25, -0.2) is 0 Å². The van der Waals surface area contributed by atoms with E-state index < -0.39 is 0 Å². The lowest BCUT2D eigenvalue weighted by molar-refractivity contribution is 0.0959. The lowest BCUT2D eigenvalue weighted by Crippen LogP contribution is -2.21. The highest BCUT2D eigenvalue weighted by molar-refractivity contribution is 9.10. The van der Waals surface area contributed by atoms with Gasteiger partial charge in [0.1, 0.15) is 11.3 Å². The molecule has 0 aliphatic carbocycles. The minimum absolute atomic E-state index is 0.261. The highest BCUT2D eigenvalue weighted by Crippen LogP contribution is 2.31. The molecule has 0 saturated heterocycles. The lowest BCUT2D eigenvalue weighted by Gasteiger charge is -2.18. The van der Waals surface area contributed by atoms with E-state index >= 15 is 0 Å². The topological polar surface area (TPSA) is 63.9 Å². The number of amides is 1. The summed E-state index contributed by atoms with van der Waals surface area (Å²) in [6.07, 6.45) is 0. The number of carbonyl (C=O) groups excluding carboxylic acids is 1. The molecule has 0 aliphatic heterocycles. The number of hydrogen-bond donors (Lipinski definition) is 1. The molecule has 3 rings (SSSR count). The van der Waals surface area contributed by atoms with E-state index in [0.717, 1.165) is 27.0 Å². The first-order valence-electron chi connectivity index (χ1n) is 9.15. The average Bonchev–Trinajstić information content (AvgIpc) is 3.15. The number of hydrogen-bond acceptors (Lipinski definition) is 6. The fraction of sp³-hybridized carbons (Fsp3) is 0.286. The van der Waals surface area contributed by atoms with E-state index in [1.165, 1.54) is 11.9 Å². The third-order valence-corrected chi connectivity index (χ3v) is 5.58. The van der Waals surface area contributed by atoms with E-state index in [-0.39, 0.29) is 11.7 Å². The first kappa shape index (κ1) is 21.5. The van der Waals surface area contributed by atoms with E-state index in [4.69, 9.17) is 13.9 Å². The van der Waals surface area contributed by atoms with Crippen LogP contribution in [0.25, 0.3) is 11.0 Å². The molecule has 3 aromatic rings. The van der Waals surface area contributed by atoms with Gasteiger partial charge in [0, 0.05) is 42.3 Å². The Morgan fingerprint density at radius 2 is 2.07 bits per heavy atom. The number of nitrogens with zero attached hydrogens (tertiary/aromatic N) is 1. The molecular weight excluding hydrogens is 456 g/mol. The Labute approximate surface area is 182 Å². The van der Waals surface area contributed by atoms with Crippen LogP contribution in [0.4, 0.5) is 5.69 Å². The number of nitrogens with one attached hydrogen (secondary N) is 1. The summed E-state index contributed by atoms with van der Waals surface area (Å²) in [5, 5.41) is 0.876. The molecule has 154 valence electrons. The zero-order valence-corrected chi connectivity index (χ0v) is 18.9. The lowest BCUT2D eigenvalue weighted by atomic mass is 10.2. The molecule has 0 radical (unpaired) electrons. The summed E-state index contributed by atoms with van der Waals surface area (Å²) in [4.78, 5) is 15.5. The highest BCUT2D eigenvalue weighted by atomic mass is 79.9. The molecule has 6 nitrogen and oxygen atoms in total. The molecule has 0 atom stereocenters. The number of methoxy groups -OCH3 is 1. The van der Waals surface area contributed by atoms with Gasteiger partial charge in [0.05, 0.1) is 18.1 Å². The van der Waals surface area contributed by atoms with Crippen molar-refractivity contribution in [2.45, 2.75) is 11.8 Å². The molecule has 0 unspecified atom stereocenters. The van der Waals surface area contributed by atoms with E-state index in [2.05, 4.69) is 25.6 Å². The van der Waals surface area contributed by atoms with Gasteiger partial charge in [-0.2, -0.15) is 0 Å². The van der Waals surface area contributed by atoms with E-state index in [1.54, 1.807) is 13.2 Å². The molecule has 1 N–H and O–H groups in total. The Kier molecular flexibility index (Phi) is 7.46. The van der Waals surface area contributed by atoms with Crippen LogP contribution in [-0.4, -0.2) is 39.8 Å². The summed E-state index contributed by atoms with van der Waals surface area (Å²) in [6.45, 7) is 3.87. The largest absolute Gasteiger partial charge is 0.493 e. The van der Waals surface area contributed by atoms with Crippen LogP contribution in [0, 0.1) is 0 Å². The van der Waals surface area contributed by atoms with Crippen LogP contribution in [0.1, 0.15) is 17.5 Å². The predicted octanol–water partition coefficient (Wildman–Crippen LogP) is 5.11. The third-order valence-electron chi connectivity index (χ3n) is 4.26. The van der Waals surface area contributed by atoms with Gasteiger partial charge in [0.25, 0.3) is 5.91 Å². The van der Waals surface area contributed by atoms with Crippen LogP contribution in [-0.2, 0) is 4.74 Å². The van der Waals surface area contributed by atoms with Gasteiger partial charge >= 0.3 is 0 Å². The zero-order valence-electron chi connectivity index (χ0n) is 16.5. The quantitative estimate of drug-likeness (QED) is 0.430. The van der Waals surface area contributed by atoms with Crippen molar-refractivity contribution in [1.29, 1.82) is 0 Å². The Balaban J connectivity index is 1.72. The van der Waals surface area contributed by atoms with Crippen LogP contribution < -0.4 is 14.4 Å². The summed E-state index contributed by atoms with van der Waals surface area (Å²) in [5.74, 6) is 0.675. The van der Waals surface area contributed by atoms with Crippen molar-refractivity contribution in [3.63, 3.8) is 0 Å². The number of benzene rings is 2. The minimum Gasteiger partial charge on any atom is -0.493 e. The Hall–Kier alpha value is -2.16. The Bertz CT molecular complexity index is 992. The number of furan rings is 1. The highest BCUT2D eigenvalue weighted by Gasteiger charge is 2.15. The van der Waals surface area contributed by atoms with Crippen LogP contribution in [0.5, 0.6) is 5.75 Å². The predicted molar refractivity (Wildman–Crippen MR) is 120 cm³/mol. The molecule has 29 heavy (non-hydrogen) atoms. The first-order chi connectivity index (χ1) is 14.0. The second-order valence-corrected chi connectivity index (χ2v) is 8.07. The molecule has 0 saturated carbocycles. The second kappa shape index (κ2) is 10.0. The van der Waals surface area contributed by atoms with Crippen LogP contribution in [0.3, 0.4) is 0 Å². The molecular formula is C21H23BrN2O4S. The number of likely N-dealkylation sites (N-methyl/N-ethyl adjacent to an activating group) is 1. The van der Waals surface area contributed by atoms with Crippen molar-refractivity contribution in [2.24, 2.45) is 0 Å². The van der Waals surface area contributed by atoms with Crippen molar-refractivity contribution in [2.75, 3.05) is 38.8 Å². The maximum absolute atomic E-state index is 12.6. The number of fused-ring (bicyclic) bond motifs is 1. The van der Waals surface area contributed by atoms with E-state index in [1.807, 2.05) is 50.4 Å². The maximum Gasteiger partial charge on any atom is 0.297 e. The van der Waals surface area contributed by atoms with Crippen molar-refractivity contribution in [3.05, 3.63) is 52.7 Å². The Morgan fingerprint density at radius 3 is 2.83 bits per heavy atom. The fourth-order valence-electron chi connectivity index (χ4n) is 2.71. The van der Waals surface area contributed by atoms with Crippen molar-refractivity contribution in [3.8, 4) is 5.75 Å². The standard InChI is InChI=1S/C21H23BrN2O4S/c1-4-27-17-8-6-15(22)12-20(17)29-23-21(25)19-11-14-5-7-16(13-18(14)28-19)24(2)9-10-26-3/h5-8,11-13H,4,9-10H2,1-3H3,(H,23,25). The summed E-state index contributed by atoms with van der Waals surface area (Å²) >= 11 is 4.64. The second-order valence-electron chi connectivity index (χ2n) is 6.30. The summed E-state index contributed by atoms with van der Waals surface area (Å²) in [7, 11) is 3.67. The number of ether oxygens (including phenoxy) is 2. The number of rotatable bonds is 9. The van der Waals surface area contributed by atoms with Gasteiger partial charge in [-0.15, -0.1) is 0 Å². The maximum atomic E-state index is 12.6. The third kappa shape index (κ3) is 5.46. The molecule has 0 spiro atoms. The molecule has 2 aromatic carbocycles. The molecule has 0 fully saturated rings. The van der Waals surface area contributed by atoms with Gasteiger partial charge in [-0.05, 0) is 55.3 Å². The first-order valence-corrected chi connectivity index (χ1v) is 10.8. The van der Waals surface area contributed by atoms with Crippen molar-refractivity contribution in [1.82, 2.24) is 4.72 Å². The Morgan fingerprint density at radius 1 is 1.24 bits per heavy atom. The summed E-state index contributed by atoms with van der Waals surface area (Å²) in [5.41, 5.74) is 1.67. The molecule has 0 bridgehead atoms. The minimum atomic E-state index is -0.303. The van der Waals surface area contributed by atoms with Crippen LogP contribution >= 0.6 is 27.9 Å². The smallest absolute Gasteiger partial charge is 0.297 e. The molecule has 1 heterocycles. The van der Waals surface area contributed by atoms with Crippen LogP contribution in [0.2, 0.25) is 0 Å². The normalized spacial score (nSPS) is 10.9. The van der Waals surface area contributed by atoms with E-state index in [9.17, 15) is 4.79 Å². The van der Waals surface area contributed by atoms with Crippen molar-refractivity contribution < 1.29 is 18.7 Å². The fourth-order valence-corrected chi connectivity index (χ4v) is 3.94. The van der Waals surface area contributed by atoms with Gasteiger partial charge < -0.3 is 18.8 Å². The van der Waals surface area contributed by atoms with Gasteiger partial charge in [-0.1, -0.05) is 15.9 Å². The SMILES string of the molecule is CCOc1ccc(Br)cc1SNC(=O)c1cc2ccc(N(C)CCOC)cc2o1.